The van der Waals surface area contributed by atoms with Gasteiger partial charge in [0.15, 0.2) is 22.4 Å². The summed E-state index contributed by atoms with van der Waals surface area (Å²) in [5.74, 6) is 0.156. The molecule has 0 aliphatic heterocycles. The smallest absolute Gasteiger partial charge is 0.309 e. The Balaban J connectivity index is 3.16. The fraction of sp³-hybridized carbons (Fsp3) is 0.769. The molecule has 0 aliphatic rings. The number of carbonyl (C=O) groups excluding carboxylic acids is 2. The van der Waals surface area contributed by atoms with E-state index >= 15 is 0 Å². The van der Waals surface area contributed by atoms with Crippen LogP contribution < -0.4 is 0 Å². The third-order valence-electron chi connectivity index (χ3n) is 10.7. The van der Waals surface area contributed by atoms with Crippen LogP contribution in [0.1, 0.15) is 126 Å². The minimum Gasteiger partial charge on any atom is -0.457 e. The second kappa shape index (κ2) is 18.7. The van der Waals surface area contributed by atoms with E-state index in [1.807, 2.05) is 46.1 Å². The molecule has 1 heterocycles. The van der Waals surface area contributed by atoms with Crippen LogP contribution in [0.4, 0.5) is 0 Å². The number of hydrogen-bond donors (Lipinski definition) is 0. The number of esters is 1. The maximum atomic E-state index is 13.8. The number of halogens is 1. The summed E-state index contributed by atoms with van der Waals surface area (Å²) in [6, 6.07) is 0. The van der Waals surface area contributed by atoms with Crippen LogP contribution in [0.2, 0.25) is 36.3 Å². The molecule has 0 saturated heterocycles. The van der Waals surface area contributed by atoms with Crippen LogP contribution in [0.3, 0.4) is 0 Å². The van der Waals surface area contributed by atoms with Crippen LogP contribution in [0, 0.1) is 18.3 Å². The Morgan fingerprint density at radius 2 is 1.55 bits per heavy atom. The van der Waals surface area contributed by atoms with E-state index in [0.717, 1.165) is 42.1 Å². The number of allylic oxidation sites excluding steroid dienone is 1. The highest BCUT2D eigenvalue weighted by molar-refractivity contribution is 9.10. The predicted octanol–water partition coefficient (Wildman–Crippen LogP) is 12.1. The van der Waals surface area contributed by atoms with E-state index in [1.165, 1.54) is 5.57 Å². The number of alkyl halides is 1. The standard InChI is InChI=1S/C39H70BrNO5SSi2/c1-27(19-18-20-28(2)25-44-48(14,15)37(6,7)8)21-22-33(29(3)23-32-26-47-31(5)41-32)45-35(42)24-34(39(12,13)36(43)30(4)40)46-49(16,17)38(9,10)11/h21,23,26,28,30,33-34H,18-20,22,24-25H2,1-17H3/t28?,30?,33?,34-/m0/s1. The van der Waals surface area contributed by atoms with Gasteiger partial charge in [-0.05, 0) is 101 Å². The molecule has 1 rings (SSSR count). The molecule has 1 aromatic rings. The molecule has 3 unspecified atom stereocenters. The molecule has 4 atom stereocenters. The number of ether oxygens (including phenoxy) is 1. The van der Waals surface area contributed by atoms with Crippen LogP contribution in [0.25, 0.3) is 6.08 Å². The average Bonchev–Trinajstić information content (AvgIpc) is 3.35. The van der Waals surface area contributed by atoms with Crippen molar-refractivity contribution in [2.24, 2.45) is 11.3 Å². The van der Waals surface area contributed by atoms with E-state index < -0.39 is 34.3 Å². The van der Waals surface area contributed by atoms with Crippen LogP contribution in [0.5, 0.6) is 0 Å². The molecular formula is C39H70BrNO5SSi2. The highest BCUT2D eigenvalue weighted by Gasteiger charge is 2.47. The van der Waals surface area contributed by atoms with Gasteiger partial charge in [0.2, 0.25) is 0 Å². The van der Waals surface area contributed by atoms with Gasteiger partial charge in [0.25, 0.3) is 0 Å². The Hall–Kier alpha value is -0.916. The van der Waals surface area contributed by atoms with Gasteiger partial charge in [-0.1, -0.05) is 89.9 Å². The summed E-state index contributed by atoms with van der Waals surface area (Å²) in [6.45, 7) is 37.1. The molecule has 49 heavy (non-hydrogen) atoms. The van der Waals surface area contributed by atoms with Crippen molar-refractivity contribution >= 4 is 61.7 Å². The molecule has 0 radical (unpaired) electrons. The summed E-state index contributed by atoms with van der Waals surface area (Å²) in [7, 11) is -4.06. The lowest BCUT2D eigenvalue weighted by Gasteiger charge is -2.43. The number of nitrogens with zero attached hydrogens (tertiary/aromatic N) is 1. The molecule has 0 N–H and O–H groups in total. The molecule has 6 nitrogen and oxygen atoms in total. The summed E-state index contributed by atoms with van der Waals surface area (Å²) >= 11 is 5.07. The van der Waals surface area contributed by atoms with E-state index in [2.05, 4.69) is 109 Å². The molecule has 0 aromatic carbocycles. The minimum absolute atomic E-state index is 0.00208. The van der Waals surface area contributed by atoms with Crippen LogP contribution in [-0.4, -0.2) is 57.0 Å². The molecule has 0 amide bonds. The van der Waals surface area contributed by atoms with Crippen molar-refractivity contribution < 1.29 is 23.2 Å². The molecule has 10 heteroatoms. The SMILES string of the molecule is CC(=CCC(OC(=O)C[C@H](O[Si](C)(C)C(C)(C)C)C(C)(C)C(=O)C(C)Br)C(C)=Cc1csc(C)n1)CCCC(C)CO[Si](C)(C)C(C)(C)C. The van der Waals surface area contributed by atoms with Gasteiger partial charge in [0.05, 0.1) is 28.1 Å². The van der Waals surface area contributed by atoms with E-state index in [9.17, 15) is 9.59 Å². The number of carbonyl (C=O) groups is 2. The van der Waals surface area contributed by atoms with Crippen LogP contribution >= 0.6 is 27.3 Å². The molecule has 1 aromatic heterocycles. The topological polar surface area (TPSA) is 74.7 Å². The van der Waals surface area contributed by atoms with E-state index in [4.69, 9.17) is 13.6 Å². The first-order chi connectivity index (χ1) is 22.1. The van der Waals surface area contributed by atoms with Crippen molar-refractivity contribution in [1.82, 2.24) is 4.98 Å². The molecule has 0 spiro atoms. The third-order valence-corrected chi connectivity index (χ3v) is 20.9. The lowest BCUT2D eigenvalue weighted by molar-refractivity contribution is -0.152. The van der Waals surface area contributed by atoms with Gasteiger partial charge >= 0.3 is 5.97 Å². The summed E-state index contributed by atoms with van der Waals surface area (Å²) in [5.41, 5.74) is 2.20. The van der Waals surface area contributed by atoms with Gasteiger partial charge in [0, 0.05) is 23.8 Å². The third kappa shape index (κ3) is 14.9. The second-order valence-corrected chi connectivity index (χ2v) is 29.8. The monoisotopic (exact) mass is 799 g/mol. The summed E-state index contributed by atoms with van der Waals surface area (Å²) < 4.78 is 19.5. The quantitative estimate of drug-likeness (QED) is 0.0600. The number of aryl methyl sites for hydroxylation is 1. The van der Waals surface area contributed by atoms with Gasteiger partial charge < -0.3 is 13.6 Å². The molecule has 0 bridgehead atoms. The van der Waals surface area contributed by atoms with Gasteiger partial charge in [-0.3, -0.25) is 9.59 Å². The Morgan fingerprint density at radius 1 is 0.980 bits per heavy atom. The zero-order valence-electron chi connectivity index (χ0n) is 34.1. The van der Waals surface area contributed by atoms with Crippen molar-refractivity contribution in [1.29, 1.82) is 0 Å². The summed E-state index contributed by atoms with van der Waals surface area (Å²) in [6.07, 6.45) is 6.91. The van der Waals surface area contributed by atoms with E-state index in [0.29, 0.717) is 12.3 Å². The van der Waals surface area contributed by atoms with Crippen LogP contribution in [0.15, 0.2) is 22.6 Å². The van der Waals surface area contributed by atoms with Crippen LogP contribution in [-0.2, 0) is 23.2 Å². The Bertz CT molecular complexity index is 1290. The first-order valence-electron chi connectivity index (χ1n) is 18.1. The molecule has 0 fully saturated rings. The zero-order valence-corrected chi connectivity index (χ0v) is 38.5. The largest absolute Gasteiger partial charge is 0.457 e. The number of Topliss-reactive ketones (excluding diaryl/α,β-unsaturated/α-hetero) is 1. The molecule has 0 saturated carbocycles. The van der Waals surface area contributed by atoms with Gasteiger partial charge in [-0.15, -0.1) is 11.3 Å². The zero-order chi connectivity index (χ0) is 38.2. The Morgan fingerprint density at radius 3 is 2.04 bits per heavy atom. The van der Waals surface area contributed by atoms with Crippen molar-refractivity contribution in [3.63, 3.8) is 0 Å². The van der Waals surface area contributed by atoms with Crippen molar-refractivity contribution in [2.75, 3.05) is 6.61 Å². The number of ketones is 1. The molecular weight excluding hydrogens is 731 g/mol. The normalized spacial score (nSPS) is 16.7. The fourth-order valence-corrected chi connectivity index (χ4v) is 8.63. The van der Waals surface area contributed by atoms with Crippen molar-refractivity contribution in [3.05, 3.63) is 33.3 Å². The predicted molar refractivity (Wildman–Crippen MR) is 219 cm³/mol. The lowest BCUT2D eigenvalue weighted by Crippen LogP contribution is -2.51. The van der Waals surface area contributed by atoms with E-state index in [-0.39, 0.29) is 33.1 Å². The first-order valence-corrected chi connectivity index (χ1v) is 25.7. The lowest BCUT2D eigenvalue weighted by atomic mass is 9.79. The maximum absolute atomic E-state index is 13.8. The molecule has 0 aliphatic carbocycles. The second-order valence-electron chi connectivity index (χ2n) is 17.8. The summed E-state index contributed by atoms with van der Waals surface area (Å²) in [4.78, 5) is 31.4. The number of rotatable bonds is 19. The fourth-order valence-electron chi connectivity index (χ4n) is 4.90. The highest BCUT2D eigenvalue weighted by Crippen LogP contribution is 2.42. The first kappa shape index (κ1) is 46.1. The van der Waals surface area contributed by atoms with E-state index in [1.54, 1.807) is 11.3 Å². The minimum atomic E-state index is -2.32. The molecule has 282 valence electrons. The Labute approximate surface area is 315 Å². The van der Waals surface area contributed by atoms with Gasteiger partial charge in [0.1, 0.15) is 6.10 Å². The Kier molecular flexibility index (Phi) is 17.6. The van der Waals surface area contributed by atoms with Gasteiger partial charge in [-0.2, -0.15) is 0 Å². The summed E-state index contributed by atoms with van der Waals surface area (Å²) in [5, 5.41) is 3.15. The average molecular weight is 801 g/mol. The van der Waals surface area contributed by atoms with Crippen molar-refractivity contribution in [2.45, 2.75) is 175 Å². The maximum Gasteiger partial charge on any atom is 0.309 e. The number of thiazole rings is 1. The number of aromatic nitrogens is 1. The van der Waals surface area contributed by atoms with Crippen molar-refractivity contribution in [3.8, 4) is 0 Å². The number of hydrogen-bond acceptors (Lipinski definition) is 7. The highest BCUT2D eigenvalue weighted by atomic mass is 79.9. The van der Waals surface area contributed by atoms with Gasteiger partial charge in [-0.25, -0.2) is 4.98 Å².